The number of hydrogen-bond donors (Lipinski definition) is 1. The maximum absolute atomic E-state index is 11.7. The standard InChI is InChI=1S/C21H41NO4/c1-5-6-7-8-9-10-11-12-13-14-15-25-20(23)16-19(4)22-21(24)26-17-18(2)3/h18-19H,5-17H2,1-4H3,(H,22,24). The van der Waals surface area contributed by atoms with Crippen molar-refractivity contribution in [2.45, 2.75) is 104 Å². The van der Waals surface area contributed by atoms with Crippen LogP contribution in [0.1, 0.15) is 98.3 Å². The number of amides is 1. The number of alkyl carbamates (subject to hydrolysis) is 1. The quantitative estimate of drug-likeness (QED) is 0.283. The Morgan fingerprint density at radius 3 is 1.88 bits per heavy atom. The second-order valence-corrected chi connectivity index (χ2v) is 7.64. The molecular weight excluding hydrogens is 330 g/mol. The molecule has 0 saturated carbocycles. The largest absolute Gasteiger partial charge is 0.466 e. The molecule has 0 bridgehead atoms. The van der Waals surface area contributed by atoms with Gasteiger partial charge in [0.25, 0.3) is 0 Å². The predicted octanol–water partition coefficient (Wildman–Crippen LogP) is 5.61. The zero-order valence-corrected chi connectivity index (χ0v) is 17.5. The molecule has 0 aromatic rings. The first-order valence-electron chi connectivity index (χ1n) is 10.5. The van der Waals surface area contributed by atoms with Crippen molar-refractivity contribution in [1.29, 1.82) is 0 Å². The molecule has 1 unspecified atom stereocenters. The number of carbonyl (C=O) groups is 2. The zero-order valence-electron chi connectivity index (χ0n) is 17.5. The zero-order chi connectivity index (χ0) is 19.6. The van der Waals surface area contributed by atoms with Crippen LogP contribution in [0.3, 0.4) is 0 Å². The Bertz CT molecular complexity index is 358. The van der Waals surface area contributed by atoms with E-state index >= 15 is 0 Å². The highest BCUT2D eigenvalue weighted by Crippen LogP contribution is 2.10. The minimum atomic E-state index is -0.478. The van der Waals surface area contributed by atoms with Gasteiger partial charge in [0.1, 0.15) is 0 Å². The van der Waals surface area contributed by atoms with Gasteiger partial charge in [0.05, 0.1) is 19.6 Å². The summed E-state index contributed by atoms with van der Waals surface area (Å²) in [6, 6.07) is -0.283. The van der Waals surface area contributed by atoms with Crippen LogP contribution in [0.5, 0.6) is 0 Å². The lowest BCUT2D eigenvalue weighted by molar-refractivity contribution is -0.144. The summed E-state index contributed by atoms with van der Waals surface area (Å²) in [7, 11) is 0. The first-order chi connectivity index (χ1) is 12.5. The van der Waals surface area contributed by atoms with Crippen LogP contribution in [0.2, 0.25) is 0 Å². The van der Waals surface area contributed by atoms with Crippen molar-refractivity contribution in [3.63, 3.8) is 0 Å². The Morgan fingerprint density at radius 1 is 0.808 bits per heavy atom. The fourth-order valence-corrected chi connectivity index (χ4v) is 2.62. The van der Waals surface area contributed by atoms with E-state index in [-0.39, 0.29) is 18.4 Å². The van der Waals surface area contributed by atoms with Crippen LogP contribution in [0.15, 0.2) is 0 Å². The number of rotatable bonds is 16. The SMILES string of the molecule is CCCCCCCCCCCCOC(=O)CC(C)NC(=O)OCC(C)C. The lowest BCUT2D eigenvalue weighted by atomic mass is 10.1. The van der Waals surface area contributed by atoms with Gasteiger partial charge in [-0.1, -0.05) is 78.6 Å². The van der Waals surface area contributed by atoms with Crippen molar-refractivity contribution in [2.75, 3.05) is 13.2 Å². The molecule has 0 aliphatic rings. The van der Waals surface area contributed by atoms with Crippen LogP contribution in [0, 0.1) is 5.92 Å². The van der Waals surface area contributed by atoms with Crippen LogP contribution in [0.25, 0.3) is 0 Å². The highest BCUT2D eigenvalue weighted by molar-refractivity contribution is 5.72. The summed E-state index contributed by atoms with van der Waals surface area (Å²) in [5.74, 6) is 0.0275. The van der Waals surface area contributed by atoms with Gasteiger partial charge in [0.2, 0.25) is 0 Å². The number of nitrogens with one attached hydrogen (secondary N) is 1. The average molecular weight is 372 g/mol. The lowest BCUT2D eigenvalue weighted by Crippen LogP contribution is -2.35. The van der Waals surface area contributed by atoms with E-state index in [0.29, 0.717) is 19.1 Å². The van der Waals surface area contributed by atoms with E-state index in [4.69, 9.17) is 9.47 Å². The Morgan fingerprint density at radius 2 is 1.35 bits per heavy atom. The summed E-state index contributed by atoms with van der Waals surface area (Å²) in [6.07, 6.45) is 12.3. The lowest BCUT2D eigenvalue weighted by Gasteiger charge is -2.14. The molecule has 5 heteroatoms. The van der Waals surface area contributed by atoms with E-state index in [1.54, 1.807) is 6.92 Å². The van der Waals surface area contributed by atoms with Crippen molar-refractivity contribution in [3.8, 4) is 0 Å². The predicted molar refractivity (Wildman–Crippen MR) is 106 cm³/mol. The average Bonchev–Trinajstić information content (AvgIpc) is 2.57. The highest BCUT2D eigenvalue weighted by atomic mass is 16.5. The van der Waals surface area contributed by atoms with Gasteiger partial charge in [-0.05, 0) is 19.3 Å². The van der Waals surface area contributed by atoms with Gasteiger partial charge in [-0.3, -0.25) is 4.79 Å². The highest BCUT2D eigenvalue weighted by Gasteiger charge is 2.13. The molecule has 0 rings (SSSR count). The van der Waals surface area contributed by atoms with Crippen molar-refractivity contribution in [1.82, 2.24) is 5.32 Å². The first kappa shape index (κ1) is 24.7. The molecule has 0 radical (unpaired) electrons. The fourth-order valence-electron chi connectivity index (χ4n) is 2.62. The Balaban J connectivity index is 3.46. The molecule has 0 fully saturated rings. The Kier molecular flexibility index (Phi) is 16.3. The molecule has 1 atom stereocenters. The van der Waals surface area contributed by atoms with Gasteiger partial charge in [-0.25, -0.2) is 4.79 Å². The molecule has 0 aliphatic carbocycles. The molecule has 0 aliphatic heterocycles. The van der Waals surface area contributed by atoms with Gasteiger partial charge < -0.3 is 14.8 Å². The maximum Gasteiger partial charge on any atom is 0.407 e. The number of carbonyl (C=O) groups excluding carboxylic acids is 2. The smallest absolute Gasteiger partial charge is 0.407 e. The van der Waals surface area contributed by atoms with Crippen molar-refractivity contribution in [2.24, 2.45) is 5.92 Å². The summed E-state index contributed by atoms with van der Waals surface area (Å²) in [5, 5.41) is 2.65. The van der Waals surface area contributed by atoms with Crippen molar-refractivity contribution >= 4 is 12.1 Å². The Labute approximate surface area is 160 Å². The van der Waals surface area contributed by atoms with Crippen LogP contribution < -0.4 is 5.32 Å². The molecule has 0 aromatic carbocycles. The summed E-state index contributed by atoms with van der Waals surface area (Å²) in [4.78, 5) is 23.3. The molecule has 0 heterocycles. The van der Waals surface area contributed by atoms with Crippen LogP contribution >= 0.6 is 0 Å². The van der Waals surface area contributed by atoms with Crippen LogP contribution in [-0.2, 0) is 14.3 Å². The molecule has 26 heavy (non-hydrogen) atoms. The van der Waals surface area contributed by atoms with E-state index in [1.165, 1.54) is 51.4 Å². The monoisotopic (exact) mass is 371 g/mol. The second kappa shape index (κ2) is 17.2. The van der Waals surface area contributed by atoms with Gasteiger partial charge in [-0.15, -0.1) is 0 Å². The summed E-state index contributed by atoms with van der Waals surface area (Å²) in [6.45, 7) is 8.81. The van der Waals surface area contributed by atoms with Crippen LogP contribution in [-0.4, -0.2) is 31.3 Å². The summed E-state index contributed by atoms with van der Waals surface area (Å²) in [5.41, 5.74) is 0. The third kappa shape index (κ3) is 17.6. The minimum Gasteiger partial charge on any atom is -0.466 e. The summed E-state index contributed by atoms with van der Waals surface area (Å²) >= 11 is 0. The van der Waals surface area contributed by atoms with Gasteiger partial charge in [0, 0.05) is 6.04 Å². The normalized spacial score (nSPS) is 12.0. The molecule has 154 valence electrons. The van der Waals surface area contributed by atoms with E-state index in [2.05, 4.69) is 12.2 Å². The number of ether oxygens (including phenoxy) is 2. The number of unbranched alkanes of at least 4 members (excludes halogenated alkanes) is 9. The molecule has 1 amide bonds. The molecule has 5 nitrogen and oxygen atoms in total. The van der Waals surface area contributed by atoms with E-state index < -0.39 is 6.09 Å². The minimum absolute atomic E-state index is 0.175. The molecule has 0 aromatic heterocycles. The fraction of sp³-hybridized carbons (Fsp3) is 0.905. The molecule has 1 N–H and O–H groups in total. The first-order valence-corrected chi connectivity index (χ1v) is 10.5. The van der Waals surface area contributed by atoms with Crippen molar-refractivity contribution < 1.29 is 19.1 Å². The van der Waals surface area contributed by atoms with E-state index in [1.807, 2.05) is 13.8 Å². The van der Waals surface area contributed by atoms with E-state index in [0.717, 1.165) is 12.8 Å². The molecular formula is C21H41NO4. The third-order valence-corrected chi connectivity index (χ3v) is 4.15. The number of hydrogen-bond acceptors (Lipinski definition) is 4. The molecule has 0 saturated heterocycles. The number of esters is 1. The summed E-state index contributed by atoms with van der Waals surface area (Å²) < 4.78 is 10.3. The maximum atomic E-state index is 11.7. The van der Waals surface area contributed by atoms with Crippen LogP contribution in [0.4, 0.5) is 4.79 Å². The second-order valence-electron chi connectivity index (χ2n) is 7.64. The van der Waals surface area contributed by atoms with Gasteiger partial charge in [0.15, 0.2) is 0 Å². The Hall–Kier alpha value is -1.26. The molecule has 0 spiro atoms. The van der Waals surface area contributed by atoms with Crippen molar-refractivity contribution in [3.05, 3.63) is 0 Å². The topological polar surface area (TPSA) is 64.6 Å². The van der Waals surface area contributed by atoms with Gasteiger partial charge in [-0.2, -0.15) is 0 Å². The van der Waals surface area contributed by atoms with Gasteiger partial charge >= 0.3 is 12.1 Å². The third-order valence-electron chi connectivity index (χ3n) is 4.15. The van der Waals surface area contributed by atoms with E-state index in [9.17, 15) is 9.59 Å².